The van der Waals surface area contributed by atoms with E-state index in [-0.39, 0.29) is 5.91 Å². The van der Waals surface area contributed by atoms with Crippen molar-refractivity contribution in [2.45, 2.75) is 6.92 Å². The molecule has 14 heavy (non-hydrogen) atoms. The molecule has 1 amide bonds. The minimum Gasteiger partial charge on any atom is -0.349 e. The number of carbonyl (C=O) groups is 1. The van der Waals surface area contributed by atoms with Gasteiger partial charge in [-0.05, 0) is 18.6 Å². The van der Waals surface area contributed by atoms with E-state index in [4.69, 9.17) is 17.3 Å². The van der Waals surface area contributed by atoms with Crippen molar-refractivity contribution in [2.75, 3.05) is 13.1 Å². The molecule has 1 aromatic rings. The maximum absolute atomic E-state index is 11.5. The molecule has 0 spiro atoms. The van der Waals surface area contributed by atoms with Gasteiger partial charge >= 0.3 is 0 Å². The molecule has 4 nitrogen and oxygen atoms in total. The highest BCUT2D eigenvalue weighted by Crippen LogP contribution is 2.16. The van der Waals surface area contributed by atoms with Crippen LogP contribution in [0.15, 0.2) is 12.3 Å². The molecule has 76 valence electrons. The predicted octanol–water partition coefficient (Wildman–Crippen LogP) is 0.732. The average molecular weight is 214 g/mol. The van der Waals surface area contributed by atoms with Gasteiger partial charge in [-0.15, -0.1) is 0 Å². The summed E-state index contributed by atoms with van der Waals surface area (Å²) in [4.78, 5) is 15.4. The molecule has 0 aliphatic heterocycles. The molecule has 0 radical (unpaired) electrons. The van der Waals surface area contributed by atoms with Gasteiger partial charge < -0.3 is 11.1 Å². The number of nitrogens with one attached hydrogen (secondary N) is 1. The third kappa shape index (κ3) is 2.43. The normalized spacial score (nSPS) is 9.93. The molecule has 0 bridgehead atoms. The molecular formula is C9H12ClN3O. The Morgan fingerprint density at radius 3 is 3.07 bits per heavy atom. The lowest BCUT2D eigenvalue weighted by atomic mass is 10.2. The molecule has 1 aromatic heterocycles. The van der Waals surface area contributed by atoms with Gasteiger partial charge in [0.15, 0.2) is 0 Å². The number of hydrogen-bond acceptors (Lipinski definition) is 3. The van der Waals surface area contributed by atoms with Crippen LogP contribution < -0.4 is 11.1 Å². The lowest BCUT2D eigenvalue weighted by Gasteiger charge is -2.06. The zero-order valence-electron chi connectivity index (χ0n) is 7.88. The Balaban J connectivity index is 2.84. The summed E-state index contributed by atoms with van der Waals surface area (Å²) in [5.41, 5.74) is 6.30. The maximum Gasteiger partial charge on any atom is 0.270 e. The topological polar surface area (TPSA) is 68.0 Å². The Kier molecular flexibility index (Phi) is 3.85. The molecule has 1 heterocycles. The second-order valence-electron chi connectivity index (χ2n) is 2.81. The Hall–Kier alpha value is -1.13. The molecule has 0 atom stereocenters. The quantitative estimate of drug-likeness (QED) is 0.778. The Morgan fingerprint density at radius 2 is 2.43 bits per heavy atom. The molecular weight excluding hydrogens is 202 g/mol. The lowest BCUT2D eigenvalue weighted by molar-refractivity contribution is 0.0949. The van der Waals surface area contributed by atoms with E-state index in [1.165, 1.54) is 6.20 Å². The first-order valence-corrected chi connectivity index (χ1v) is 4.64. The summed E-state index contributed by atoms with van der Waals surface area (Å²) < 4.78 is 0. The first-order valence-electron chi connectivity index (χ1n) is 4.26. The highest BCUT2D eigenvalue weighted by molar-refractivity contribution is 6.31. The van der Waals surface area contributed by atoms with Crippen LogP contribution in [-0.2, 0) is 0 Å². The second kappa shape index (κ2) is 4.93. The SMILES string of the molecule is Cc1c(Cl)ccnc1C(=O)NCCN. The van der Waals surface area contributed by atoms with Crippen LogP contribution in [0, 0.1) is 6.92 Å². The number of nitrogens with two attached hydrogens (primary N) is 1. The molecule has 0 unspecified atom stereocenters. The number of pyridine rings is 1. The fourth-order valence-corrected chi connectivity index (χ4v) is 1.16. The zero-order valence-corrected chi connectivity index (χ0v) is 8.64. The maximum atomic E-state index is 11.5. The van der Waals surface area contributed by atoms with E-state index in [0.717, 1.165) is 0 Å². The molecule has 0 aliphatic carbocycles. The standard InChI is InChI=1S/C9H12ClN3O/c1-6-7(10)2-4-12-8(6)9(14)13-5-3-11/h2,4H,3,5,11H2,1H3,(H,13,14). The summed E-state index contributed by atoms with van der Waals surface area (Å²) in [6.45, 7) is 2.60. The molecule has 0 saturated carbocycles. The number of halogens is 1. The molecule has 0 aliphatic rings. The van der Waals surface area contributed by atoms with Crippen LogP contribution in [0.25, 0.3) is 0 Å². The predicted molar refractivity (Wildman–Crippen MR) is 55.4 cm³/mol. The smallest absolute Gasteiger partial charge is 0.270 e. The molecule has 3 N–H and O–H groups in total. The fourth-order valence-electron chi connectivity index (χ4n) is 1.01. The summed E-state index contributed by atoms with van der Waals surface area (Å²) >= 11 is 5.85. The first-order chi connectivity index (χ1) is 6.66. The minimum atomic E-state index is -0.240. The highest BCUT2D eigenvalue weighted by atomic mass is 35.5. The number of nitrogens with zero attached hydrogens (tertiary/aromatic N) is 1. The van der Waals surface area contributed by atoms with E-state index in [0.29, 0.717) is 29.4 Å². The van der Waals surface area contributed by atoms with Crippen molar-refractivity contribution in [1.29, 1.82) is 0 Å². The van der Waals surface area contributed by atoms with Crippen LogP contribution in [0.3, 0.4) is 0 Å². The van der Waals surface area contributed by atoms with Crippen molar-refractivity contribution in [2.24, 2.45) is 5.73 Å². The summed E-state index contributed by atoms with van der Waals surface area (Å²) in [6, 6.07) is 1.65. The molecule has 0 aromatic carbocycles. The van der Waals surface area contributed by atoms with Gasteiger partial charge in [0.25, 0.3) is 5.91 Å². The van der Waals surface area contributed by atoms with Crippen LogP contribution in [0.2, 0.25) is 5.02 Å². The monoisotopic (exact) mass is 213 g/mol. The van der Waals surface area contributed by atoms with E-state index in [1.54, 1.807) is 13.0 Å². The van der Waals surface area contributed by atoms with Gasteiger partial charge in [0, 0.05) is 24.3 Å². The molecule has 1 rings (SSSR count). The van der Waals surface area contributed by atoms with E-state index < -0.39 is 0 Å². The molecule has 0 fully saturated rings. The van der Waals surface area contributed by atoms with Crippen molar-refractivity contribution in [3.8, 4) is 0 Å². The number of hydrogen-bond donors (Lipinski definition) is 2. The van der Waals surface area contributed by atoms with Crippen molar-refractivity contribution < 1.29 is 4.79 Å². The van der Waals surface area contributed by atoms with Gasteiger partial charge in [-0.1, -0.05) is 11.6 Å². The number of amides is 1. The third-order valence-corrected chi connectivity index (χ3v) is 2.19. The van der Waals surface area contributed by atoms with E-state index >= 15 is 0 Å². The second-order valence-corrected chi connectivity index (χ2v) is 3.22. The zero-order chi connectivity index (χ0) is 10.6. The van der Waals surface area contributed by atoms with Crippen molar-refractivity contribution >= 4 is 17.5 Å². The van der Waals surface area contributed by atoms with Crippen molar-refractivity contribution in [3.05, 3.63) is 28.5 Å². The van der Waals surface area contributed by atoms with Crippen LogP contribution >= 0.6 is 11.6 Å². The van der Waals surface area contributed by atoms with Crippen LogP contribution in [0.4, 0.5) is 0 Å². The van der Waals surface area contributed by atoms with Crippen molar-refractivity contribution in [1.82, 2.24) is 10.3 Å². The van der Waals surface area contributed by atoms with Gasteiger partial charge in [-0.3, -0.25) is 9.78 Å². The number of rotatable bonds is 3. The minimum absolute atomic E-state index is 0.240. The summed E-state index contributed by atoms with van der Waals surface area (Å²) in [7, 11) is 0. The molecule has 5 heteroatoms. The largest absolute Gasteiger partial charge is 0.349 e. The molecule has 0 saturated heterocycles. The van der Waals surface area contributed by atoms with Gasteiger partial charge in [0.05, 0.1) is 0 Å². The third-order valence-electron chi connectivity index (χ3n) is 1.78. The van der Waals surface area contributed by atoms with E-state index in [2.05, 4.69) is 10.3 Å². The van der Waals surface area contributed by atoms with Gasteiger partial charge in [-0.25, -0.2) is 0 Å². The lowest BCUT2D eigenvalue weighted by Crippen LogP contribution is -2.30. The first kappa shape index (κ1) is 10.9. The van der Waals surface area contributed by atoms with Crippen LogP contribution in [-0.4, -0.2) is 24.0 Å². The Bertz CT molecular complexity index is 341. The van der Waals surface area contributed by atoms with Crippen LogP contribution in [0.5, 0.6) is 0 Å². The highest BCUT2D eigenvalue weighted by Gasteiger charge is 2.11. The fraction of sp³-hybridized carbons (Fsp3) is 0.333. The van der Waals surface area contributed by atoms with E-state index in [9.17, 15) is 4.79 Å². The van der Waals surface area contributed by atoms with Crippen molar-refractivity contribution in [3.63, 3.8) is 0 Å². The summed E-state index contributed by atoms with van der Waals surface area (Å²) in [6.07, 6.45) is 1.51. The number of aromatic nitrogens is 1. The number of carbonyl (C=O) groups excluding carboxylic acids is 1. The van der Waals surface area contributed by atoms with Gasteiger partial charge in [0.2, 0.25) is 0 Å². The Morgan fingerprint density at radius 1 is 1.71 bits per heavy atom. The van der Waals surface area contributed by atoms with Gasteiger partial charge in [0.1, 0.15) is 5.69 Å². The summed E-state index contributed by atoms with van der Waals surface area (Å²) in [5, 5.41) is 3.17. The van der Waals surface area contributed by atoms with Gasteiger partial charge in [-0.2, -0.15) is 0 Å². The summed E-state index contributed by atoms with van der Waals surface area (Å²) in [5.74, 6) is -0.240. The van der Waals surface area contributed by atoms with E-state index in [1.807, 2.05) is 0 Å². The average Bonchev–Trinajstić information content (AvgIpc) is 2.18. The Labute approximate surface area is 87.5 Å². The van der Waals surface area contributed by atoms with Crippen LogP contribution in [0.1, 0.15) is 16.1 Å².